The summed E-state index contributed by atoms with van der Waals surface area (Å²) in [6, 6.07) is 9.47. The topological polar surface area (TPSA) is 32.3 Å². The van der Waals surface area contributed by atoms with E-state index in [0.717, 1.165) is 17.1 Å². The highest BCUT2D eigenvalue weighted by Crippen LogP contribution is 2.21. The Morgan fingerprint density at radius 2 is 2.24 bits per heavy atom. The Labute approximate surface area is 110 Å². The summed E-state index contributed by atoms with van der Waals surface area (Å²) in [4.78, 5) is 1.21. The SMILES string of the molecule is CC(NCc1cc(Cl)cs1)c1cccc(O)c1. The predicted molar refractivity (Wildman–Crippen MR) is 72.7 cm³/mol. The normalized spacial score (nSPS) is 12.6. The summed E-state index contributed by atoms with van der Waals surface area (Å²) >= 11 is 7.51. The number of nitrogens with one attached hydrogen (secondary N) is 1. The van der Waals surface area contributed by atoms with Gasteiger partial charge < -0.3 is 10.4 Å². The van der Waals surface area contributed by atoms with Gasteiger partial charge in [0.2, 0.25) is 0 Å². The number of halogens is 1. The summed E-state index contributed by atoms with van der Waals surface area (Å²) in [6.45, 7) is 2.86. The van der Waals surface area contributed by atoms with Crippen molar-refractivity contribution in [3.05, 3.63) is 51.2 Å². The van der Waals surface area contributed by atoms with Gasteiger partial charge in [0.25, 0.3) is 0 Å². The molecular formula is C13H14ClNOS. The zero-order valence-electron chi connectivity index (χ0n) is 9.48. The molecule has 0 amide bonds. The lowest BCUT2D eigenvalue weighted by Crippen LogP contribution is -2.17. The van der Waals surface area contributed by atoms with Crippen molar-refractivity contribution in [1.82, 2.24) is 5.32 Å². The van der Waals surface area contributed by atoms with E-state index >= 15 is 0 Å². The third-order valence-corrected chi connectivity index (χ3v) is 3.86. The second kappa shape index (κ2) is 5.54. The molecule has 2 rings (SSSR count). The number of phenols is 1. The monoisotopic (exact) mass is 267 g/mol. The average Bonchev–Trinajstić information content (AvgIpc) is 2.72. The second-order valence-corrected chi connectivity index (χ2v) is 5.36. The van der Waals surface area contributed by atoms with Gasteiger partial charge in [-0.1, -0.05) is 23.7 Å². The molecule has 0 aliphatic rings. The van der Waals surface area contributed by atoms with E-state index < -0.39 is 0 Å². The quantitative estimate of drug-likeness (QED) is 0.879. The lowest BCUT2D eigenvalue weighted by Gasteiger charge is -2.13. The molecule has 0 saturated carbocycles. The molecule has 1 aromatic carbocycles. The molecule has 0 saturated heterocycles. The van der Waals surface area contributed by atoms with Gasteiger partial charge >= 0.3 is 0 Å². The van der Waals surface area contributed by atoms with Crippen LogP contribution in [0.2, 0.25) is 5.02 Å². The summed E-state index contributed by atoms with van der Waals surface area (Å²) < 4.78 is 0. The minimum absolute atomic E-state index is 0.197. The number of benzene rings is 1. The van der Waals surface area contributed by atoms with E-state index in [2.05, 4.69) is 12.2 Å². The molecule has 0 fully saturated rings. The maximum Gasteiger partial charge on any atom is 0.115 e. The number of phenolic OH excluding ortho intramolecular Hbond substituents is 1. The van der Waals surface area contributed by atoms with Gasteiger partial charge in [0.05, 0.1) is 5.02 Å². The first-order valence-electron chi connectivity index (χ1n) is 5.40. The summed E-state index contributed by atoms with van der Waals surface area (Å²) in [5.41, 5.74) is 1.08. The Morgan fingerprint density at radius 1 is 1.41 bits per heavy atom. The van der Waals surface area contributed by atoms with Crippen LogP contribution in [0.15, 0.2) is 35.7 Å². The Kier molecular flexibility index (Phi) is 4.05. The Bertz CT molecular complexity index is 498. The number of thiophene rings is 1. The molecule has 2 nitrogen and oxygen atoms in total. The van der Waals surface area contributed by atoms with Crippen molar-refractivity contribution in [3.8, 4) is 5.75 Å². The molecule has 0 spiro atoms. The number of rotatable bonds is 4. The molecule has 90 valence electrons. The Morgan fingerprint density at radius 3 is 2.88 bits per heavy atom. The van der Waals surface area contributed by atoms with E-state index in [9.17, 15) is 5.11 Å². The molecule has 0 radical (unpaired) electrons. The molecule has 0 aliphatic heterocycles. The first-order valence-corrected chi connectivity index (χ1v) is 6.66. The number of hydrogen-bond acceptors (Lipinski definition) is 3. The maximum absolute atomic E-state index is 9.41. The van der Waals surface area contributed by atoms with Crippen molar-refractivity contribution in [2.75, 3.05) is 0 Å². The lowest BCUT2D eigenvalue weighted by molar-refractivity contribution is 0.472. The van der Waals surface area contributed by atoms with Crippen LogP contribution >= 0.6 is 22.9 Å². The zero-order chi connectivity index (χ0) is 12.3. The van der Waals surface area contributed by atoms with Crippen LogP contribution in [0.25, 0.3) is 0 Å². The summed E-state index contributed by atoms with van der Waals surface area (Å²) in [7, 11) is 0. The Hall–Kier alpha value is -1.03. The van der Waals surface area contributed by atoms with Crippen LogP contribution in [0, 0.1) is 0 Å². The first-order chi connectivity index (χ1) is 8.15. The molecule has 17 heavy (non-hydrogen) atoms. The van der Waals surface area contributed by atoms with E-state index in [1.54, 1.807) is 23.5 Å². The minimum Gasteiger partial charge on any atom is -0.508 e. The van der Waals surface area contributed by atoms with Gasteiger partial charge in [-0.3, -0.25) is 0 Å². The summed E-state index contributed by atoms with van der Waals surface area (Å²) in [6.07, 6.45) is 0. The maximum atomic E-state index is 9.41. The highest BCUT2D eigenvalue weighted by Gasteiger charge is 2.06. The van der Waals surface area contributed by atoms with Crippen LogP contribution in [-0.4, -0.2) is 5.11 Å². The van der Waals surface area contributed by atoms with E-state index in [-0.39, 0.29) is 6.04 Å². The van der Waals surface area contributed by atoms with Gasteiger partial charge in [-0.25, -0.2) is 0 Å². The molecule has 4 heteroatoms. The van der Waals surface area contributed by atoms with Crippen molar-refractivity contribution >= 4 is 22.9 Å². The van der Waals surface area contributed by atoms with Gasteiger partial charge in [0, 0.05) is 22.8 Å². The molecule has 1 unspecified atom stereocenters. The summed E-state index contributed by atoms with van der Waals surface area (Å²) in [5, 5.41) is 15.5. The van der Waals surface area contributed by atoms with Gasteiger partial charge in [-0.05, 0) is 30.7 Å². The van der Waals surface area contributed by atoms with Crippen LogP contribution in [0.1, 0.15) is 23.4 Å². The van der Waals surface area contributed by atoms with Gasteiger partial charge in [-0.2, -0.15) is 0 Å². The summed E-state index contributed by atoms with van der Waals surface area (Å²) in [5.74, 6) is 0.301. The van der Waals surface area contributed by atoms with Crippen molar-refractivity contribution in [2.24, 2.45) is 0 Å². The number of aromatic hydroxyl groups is 1. The largest absolute Gasteiger partial charge is 0.508 e. The van der Waals surface area contributed by atoms with E-state index in [1.807, 2.05) is 23.6 Å². The Balaban J connectivity index is 1.95. The fourth-order valence-corrected chi connectivity index (χ4v) is 2.64. The molecule has 2 aromatic rings. The first kappa shape index (κ1) is 12.4. The van der Waals surface area contributed by atoms with E-state index in [0.29, 0.717) is 5.75 Å². The molecule has 0 aliphatic carbocycles. The molecular weight excluding hydrogens is 254 g/mol. The molecule has 1 aromatic heterocycles. The predicted octanol–water partition coefficient (Wildman–Crippen LogP) is 3.96. The fourth-order valence-electron chi connectivity index (χ4n) is 1.61. The molecule has 1 heterocycles. The van der Waals surface area contributed by atoms with Crippen LogP contribution in [0.5, 0.6) is 5.75 Å². The van der Waals surface area contributed by atoms with Crippen molar-refractivity contribution < 1.29 is 5.11 Å². The van der Waals surface area contributed by atoms with Crippen molar-refractivity contribution in [3.63, 3.8) is 0 Å². The minimum atomic E-state index is 0.197. The van der Waals surface area contributed by atoms with E-state index in [1.165, 1.54) is 4.88 Å². The van der Waals surface area contributed by atoms with Crippen LogP contribution in [0.4, 0.5) is 0 Å². The lowest BCUT2D eigenvalue weighted by atomic mass is 10.1. The second-order valence-electron chi connectivity index (χ2n) is 3.93. The molecule has 1 atom stereocenters. The van der Waals surface area contributed by atoms with Crippen LogP contribution < -0.4 is 5.32 Å². The van der Waals surface area contributed by atoms with Gasteiger partial charge in [0.1, 0.15) is 5.75 Å². The highest BCUT2D eigenvalue weighted by atomic mass is 35.5. The third kappa shape index (κ3) is 3.46. The zero-order valence-corrected chi connectivity index (χ0v) is 11.1. The van der Waals surface area contributed by atoms with E-state index in [4.69, 9.17) is 11.6 Å². The van der Waals surface area contributed by atoms with Gasteiger partial charge in [0.15, 0.2) is 0 Å². The van der Waals surface area contributed by atoms with Crippen molar-refractivity contribution in [2.45, 2.75) is 19.5 Å². The van der Waals surface area contributed by atoms with Crippen LogP contribution in [0.3, 0.4) is 0 Å². The van der Waals surface area contributed by atoms with Gasteiger partial charge in [-0.15, -0.1) is 11.3 Å². The standard InChI is InChI=1S/C13H14ClNOS/c1-9(10-3-2-4-12(16)5-10)15-7-13-6-11(14)8-17-13/h2-6,8-9,15-16H,7H2,1H3. The highest BCUT2D eigenvalue weighted by molar-refractivity contribution is 7.10. The average molecular weight is 268 g/mol. The van der Waals surface area contributed by atoms with Crippen molar-refractivity contribution in [1.29, 1.82) is 0 Å². The third-order valence-electron chi connectivity index (χ3n) is 2.57. The molecule has 2 N–H and O–H groups in total. The smallest absolute Gasteiger partial charge is 0.115 e. The number of hydrogen-bond donors (Lipinski definition) is 2. The molecule has 0 bridgehead atoms. The van der Waals surface area contributed by atoms with Crippen LogP contribution in [-0.2, 0) is 6.54 Å². The fraction of sp³-hybridized carbons (Fsp3) is 0.231.